The maximum Gasteiger partial charge on any atom is 0.134 e. The van der Waals surface area contributed by atoms with Crippen LogP contribution >= 0.6 is 15.9 Å². The average molecular weight is 266 g/mol. The van der Waals surface area contributed by atoms with E-state index in [9.17, 15) is 0 Å². The summed E-state index contributed by atoms with van der Waals surface area (Å²) >= 11 is 3.54. The van der Waals surface area contributed by atoms with Crippen molar-refractivity contribution >= 4 is 21.4 Å². The van der Waals surface area contributed by atoms with Crippen molar-refractivity contribution in [2.45, 2.75) is 24.8 Å². The molecule has 1 aliphatic rings. The summed E-state index contributed by atoms with van der Waals surface area (Å²) in [5, 5.41) is 0. The molecule has 1 aliphatic carbocycles. The van der Waals surface area contributed by atoms with E-state index in [2.05, 4.69) is 25.3 Å². The third kappa shape index (κ3) is 1.25. The molecule has 2 N–H and O–H groups in total. The van der Waals surface area contributed by atoms with Gasteiger partial charge in [-0.05, 0) is 47.3 Å². The summed E-state index contributed by atoms with van der Waals surface area (Å²) in [6, 6.07) is 6.07. The van der Waals surface area contributed by atoms with Crippen molar-refractivity contribution in [1.82, 2.24) is 9.38 Å². The van der Waals surface area contributed by atoms with E-state index in [1.165, 1.54) is 6.42 Å². The predicted octanol–water partition coefficient (Wildman–Crippen LogP) is 2.43. The Morgan fingerprint density at radius 2 is 2.20 bits per heavy atom. The van der Waals surface area contributed by atoms with Gasteiger partial charge in [0.2, 0.25) is 0 Å². The third-order valence-corrected chi connectivity index (χ3v) is 3.81. The molecule has 2 heterocycles. The molecule has 0 aromatic carbocycles. The van der Waals surface area contributed by atoms with Gasteiger partial charge in [-0.2, -0.15) is 0 Å². The second-order valence-electron chi connectivity index (χ2n) is 4.20. The Balaban J connectivity index is 2.27. The number of nitrogens with two attached hydrogens (primary N) is 1. The maximum atomic E-state index is 6.30. The molecule has 0 amide bonds. The lowest BCUT2D eigenvalue weighted by molar-refractivity contribution is 0.237. The molecule has 0 unspecified atom stereocenters. The van der Waals surface area contributed by atoms with Crippen LogP contribution in [0.5, 0.6) is 0 Å². The number of imidazole rings is 1. The zero-order chi connectivity index (χ0) is 10.5. The SMILES string of the molecule is NC1(c2ncc3cccc(Br)n23)CCC1. The Labute approximate surface area is 96.4 Å². The number of pyridine rings is 1. The molecule has 1 saturated carbocycles. The lowest BCUT2D eigenvalue weighted by Gasteiger charge is -2.36. The van der Waals surface area contributed by atoms with Crippen LogP contribution in [0.25, 0.3) is 5.52 Å². The minimum atomic E-state index is -0.212. The zero-order valence-corrected chi connectivity index (χ0v) is 9.87. The quantitative estimate of drug-likeness (QED) is 0.805. The fraction of sp³-hybridized carbons (Fsp3) is 0.364. The van der Waals surface area contributed by atoms with Gasteiger partial charge in [-0.15, -0.1) is 0 Å². The van der Waals surface area contributed by atoms with Gasteiger partial charge < -0.3 is 5.73 Å². The summed E-state index contributed by atoms with van der Waals surface area (Å²) < 4.78 is 3.11. The topological polar surface area (TPSA) is 43.3 Å². The first kappa shape index (κ1) is 9.36. The molecule has 1 fully saturated rings. The van der Waals surface area contributed by atoms with Gasteiger partial charge in [0.1, 0.15) is 5.82 Å². The van der Waals surface area contributed by atoms with Crippen LogP contribution in [0.4, 0.5) is 0 Å². The number of hydrogen-bond acceptors (Lipinski definition) is 2. The number of rotatable bonds is 1. The van der Waals surface area contributed by atoms with Crippen molar-refractivity contribution in [2.75, 3.05) is 0 Å². The normalized spacial score (nSPS) is 19.1. The van der Waals surface area contributed by atoms with Crippen molar-refractivity contribution in [1.29, 1.82) is 0 Å². The highest BCUT2D eigenvalue weighted by molar-refractivity contribution is 9.10. The van der Waals surface area contributed by atoms with Crippen molar-refractivity contribution in [2.24, 2.45) is 5.73 Å². The number of halogens is 1. The van der Waals surface area contributed by atoms with Crippen LogP contribution in [0.2, 0.25) is 0 Å². The second-order valence-corrected chi connectivity index (χ2v) is 5.01. The van der Waals surface area contributed by atoms with E-state index in [1.807, 2.05) is 24.4 Å². The standard InChI is InChI=1S/C11H12BrN3/c12-9-4-1-3-8-7-14-10(15(8)9)11(13)5-2-6-11/h1,3-4,7H,2,5-6,13H2. The first-order chi connectivity index (χ1) is 7.21. The Bertz CT molecular complexity index is 514. The fourth-order valence-electron chi connectivity index (χ4n) is 2.14. The van der Waals surface area contributed by atoms with Crippen molar-refractivity contribution in [3.05, 3.63) is 34.8 Å². The van der Waals surface area contributed by atoms with Crippen LogP contribution < -0.4 is 5.73 Å². The maximum absolute atomic E-state index is 6.30. The molecule has 15 heavy (non-hydrogen) atoms. The molecule has 2 aromatic rings. The number of aromatic nitrogens is 2. The summed E-state index contributed by atoms with van der Waals surface area (Å²) in [7, 11) is 0. The summed E-state index contributed by atoms with van der Waals surface area (Å²) in [6.45, 7) is 0. The second kappa shape index (κ2) is 3.06. The average Bonchev–Trinajstić information content (AvgIpc) is 2.60. The van der Waals surface area contributed by atoms with Crippen molar-refractivity contribution < 1.29 is 0 Å². The van der Waals surface area contributed by atoms with E-state index in [0.717, 1.165) is 28.8 Å². The molecule has 0 atom stereocenters. The predicted molar refractivity (Wildman–Crippen MR) is 62.6 cm³/mol. The molecule has 3 rings (SSSR count). The van der Waals surface area contributed by atoms with Gasteiger partial charge in [-0.3, -0.25) is 4.40 Å². The number of fused-ring (bicyclic) bond motifs is 1. The number of nitrogens with zero attached hydrogens (tertiary/aromatic N) is 2. The van der Waals surface area contributed by atoms with Gasteiger partial charge in [0, 0.05) is 0 Å². The van der Waals surface area contributed by atoms with E-state index in [0.29, 0.717) is 0 Å². The van der Waals surface area contributed by atoms with Gasteiger partial charge in [0.15, 0.2) is 0 Å². The Hall–Kier alpha value is -0.870. The van der Waals surface area contributed by atoms with Crippen LogP contribution in [-0.2, 0) is 5.54 Å². The van der Waals surface area contributed by atoms with Gasteiger partial charge >= 0.3 is 0 Å². The minimum absolute atomic E-state index is 0.212. The zero-order valence-electron chi connectivity index (χ0n) is 8.28. The van der Waals surface area contributed by atoms with Crippen molar-refractivity contribution in [3.63, 3.8) is 0 Å². The Kier molecular flexibility index (Phi) is 1.91. The van der Waals surface area contributed by atoms with E-state index in [1.54, 1.807) is 0 Å². The third-order valence-electron chi connectivity index (χ3n) is 3.19. The first-order valence-electron chi connectivity index (χ1n) is 5.12. The molecule has 0 bridgehead atoms. The summed E-state index contributed by atoms with van der Waals surface area (Å²) in [5.74, 6) is 0.983. The van der Waals surface area contributed by atoms with Gasteiger partial charge in [0.05, 0.1) is 21.9 Å². The molecule has 3 nitrogen and oxygen atoms in total. The van der Waals surface area contributed by atoms with Crippen LogP contribution in [0.1, 0.15) is 25.1 Å². The summed E-state index contributed by atoms with van der Waals surface area (Å²) in [5.41, 5.74) is 7.18. The molecule has 4 heteroatoms. The lowest BCUT2D eigenvalue weighted by Crippen LogP contribution is -2.45. The van der Waals surface area contributed by atoms with Crippen molar-refractivity contribution in [3.8, 4) is 0 Å². The molecular formula is C11H12BrN3. The van der Waals surface area contributed by atoms with E-state index in [4.69, 9.17) is 5.73 Å². The molecule has 0 radical (unpaired) electrons. The summed E-state index contributed by atoms with van der Waals surface area (Å²) in [6.07, 6.45) is 5.16. The number of hydrogen-bond donors (Lipinski definition) is 1. The van der Waals surface area contributed by atoms with E-state index >= 15 is 0 Å². The van der Waals surface area contributed by atoms with Crippen LogP contribution in [0.15, 0.2) is 29.0 Å². The van der Waals surface area contributed by atoms with Crippen LogP contribution in [0.3, 0.4) is 0 Å². The highest BCUT2D eigenvalue weighted by Gasteiger charge is 2.38. The fourth-order valence-corrected chi connectivity index (χ4v) is 2.67. The van der Waals surface area contributed by atoms with Gasteiger partial charge in [-0.1, -0.05) is 6.07 Å². The molecule has 0 saturated heterocycles. The van der Waals surface area contributed by atoms with E-state index in [-0.39, 0.29) is 5.54 Å². The lowest BCUT2D eigenvalue weighted by atomic mass is 9.77. The van der Waals surface area contributed by atoms with E-state index < -0.39 is 0 Å². The smallest absolute Gasteiger partial charge is 0.134 e. The Morgan fingerprint density at radius 1 is 1.40 bits per heavy atom. The molecule has 78 valence electrons. The first-order valence-corrected chi connectivity index (χ1v) is 5.91. The minimum Gasteiger partial charge on any atom is -0.319 e. The highest BCUT2D eigenvalue weighted by atomic mass is 79.9. The van der Waals surface area contributed by atoms with Crippen LogP contribution in [-0.4, -0.2) is 9.38 Å². The molecule has 0 aliphatic heterocycles. The van der Waals surface area contributed by atoms with Crippen LogP contribution in [0, 0.1) is 0 Å². The molecule has 0 spiro atoms. The summed E-state index contributed by atoms with van der Waals surface area (Å²) in [4.78, 5) is 4.46. The monoisotopic (exact) mass is 265 g/mol. The van der Waals surface area contributed by atoms with Gasteiger partial charge in [-0.25, -0.2) is 4.98 Å². The van der Waals surface area contributed by atoms with Gasteiger partial charge in [0.25, 0.3) is 0 Å². The molecule has 2 aromatic heterocycles. The highest BCUT2D eigenvalue weighted by Crippen LogP contribution is 2.38. The largest absolute Gasteiger partial charge is 0.319 e. The molecular weight excluding hydrogens is 254 g/mol. The Morgan fingerprint density at radius 3 is 2.87 bits per heavy atom.